The number of hydrogen-bond acceptors (Lipinski definition) is 2. The van der Waals surface area contributed by atoms with Crippen LogP contribution in [0.25, 0.3) is 16.5 Å². The summed E-state index contributed by atoms with van der Waals surface area (Å²) in [4.78, 5) is 26.5. The largest absolute Gasteiger partial charge is 0.698 e. The number of rotatable bonds is 0. The van der Waals surface area contributed by atoms with Crippen LogP contribution in [-0.4, -0.2) is 22.3 Å². The number of hydrogen-bond donors (Lipinski definition) is 0. The van der Waals surface area contributed by atoms with Crippen molar-refractivity contribution in [2.45, 2.75) is 26.3 Å². The normalized spacial score (nSPS) is 13.7. The Hall–Kier alpha value is -2.70. The van der Waals surface area contributed by atoms with Gasteiger partial charge in [0.1, 0.15) is 0 Å². The van der Waals surface area contributed by atoms with E-state index in [1.165, 1.54) is 4.90 Å². The van der Waals surface area contributed by atoms with Gasteiger partial charge in [0.2, 0.25) is 0 Å². The van der Waals surface area contributed by atoms with Crippen LogP contribution >= 0.6 is 0 Å². The van der Waals surface area contributed by atoms with Gasteiger partial charge in [-0.3, -0.25) is 14.5 Å². The van der Waals surface area contributed by atoms with Crippen molar-refractivity contribution in [2.24, 2.45) is 0 Å². The third kappa shape index (κ3) is 2.14. The Morgan fingerprint density at radius 1 is 0.955 bits per heavy atom. The number of amides is 2. The van der Waals surface area contributed by atoms with Crippen LogP contribution in [0.4, 0.5) is 5.69 Å². The van der Waals surface area contributed by atoms with E-state index in [1.807, 2.05) is 20.8 Å². The van der Waals surface area contributed by atoms with Crippen LogP contribution in [0.5, 0.6) is 0 Å². The number of carbonyl (C=O) groups excluding carboxylic acids is 2. The standard InChI is InChI=1S/C16H16N2O2.Re.Rf/c1-16(2,3)18-14(19)10-6-4-5-9-12(17)8-7-11(13(9)10)15(18)20;;/h4-8H,1-3H3,(H2,17,19,20);;/p-1. The number of nitrogens with zero attached hydrogens (tertiary/aromatic N) is 1. The molecule has 0 atom stereocenters. The second-order valence-corrected chi connectivity index (χ2v) is 6.01. The zero-order valence-electron chi connectivity index (χ0n) is 12.7. The van der Waals surface area contributed by atoms with E-state index in [0.29, 0.717) is 27.6 Å². The Kier molecular flexibility index (Phi) is 4.14. The van der Waals surface area contributed by atoms with Crippen LogP contribution in [0.3, 0.4) is 0 Å². The quantitative estimate of drug-likeness (QED) is 0.388. The van der Waals surface area contributed by atoms with Crippen molar-refractivity contribution in [1.29, 1.82) is 0 Å². The van der Waals surface area contributed by atoms with E-state index < -0.39 is 5.54 Å². The van der Waals surface area contributed by atoms with E-state index in [9.17, 15) is 9.59 Å². The molecule has 0 saturated carbocycles. The number of imide groups is 1. The molecule has 0 unspecified atom stereocenters. The summed E-state index contributed by atoms with van der Waals surface area (Å²) in [6.45, 7) is 5.52. The van der Waals surface area contributed by atoms with Crippen LogP contribution in [-0.2, 0) is 20.4 Å². The summed E-state index contributed by atoms with van der Waals surface area (Å²) in [7, 11) is 0. The fraction of sp³-hybridized carbons (Fsp3) is 0.250. The van der Waals surface area contributed by atoms with Crippen molar-refractivity contribution in [1.82, 2.24) is 4.90 Å². The van der Waals surface area contributed by atoms with Crippen LogP contribution in [0, 0.1) is 0 Å². The molecule has 22 heavy (non-hydrogen) atoms. The van der Waals surface area contributed by atoms with Crippen LogP contribution in [0.15, 0.2) is 30.3 Å². The molecular weight excluding hydrogens is 705 g/mol. The van der Waals surface area contributed by atoms with Crippen molar-refractivity contribution in [2.75, 3.05) is 0 Å². The van der Waals surface area contributed by atoms with Gasteiger partial charge >= 0.3 is 0 Å². The minimum absolute atomic E-state index is 0. The molecule has 6 heteroatoms. The molecule has 0 aliphatic carbocycles. The van der Waals surface area contributed by atoms with E-state index in [1.54, 1.807) is 30.3 Å². The summed E-state index contributed by atoms with van der Waals surface area (Å²) < 4.78 is 0. The molecule has 1 N–H and O–H groups in total. The zero-order chi connectivity index (χ0) is 14.7. The molecular formula is C16H15N2O2ReRf-. The predicted octanol–water partition coefficient (Wildman–Crippen LogP) is 3.92. The van der Waals surface area contributed by atoms with Crippen LogP contribution < -0.4 is 0 Å². The maximum atomic E-state index is 12.6. The van der Waals surface area contributed by atoms with Gasteiger partial charge in [0.15, 0.2) is 0 Å². The van der Waals surface area contributed by atoms with E-state index in [4.69, 9.17) is 5.73 Å². The fourth-order valence-corrected chi connectivity index (χ4v) is 2.71. The summed E-state index contributed by atoms with van der Waals surface area (Å²) in [5.74, 6) is -0.572. The van der Waals surface area contributed by atoms with Crippen molar-refractivity contribution in [3.63, 3.8) is 0 Å². The molecule has 4 nitrogen and oxygen atoms in total. The first-order valence-corrected chi connectivity index (χ1v) is 6.48. The third-order valence-electron chi connectivity index (χ3n) is 3.58. The second-order valence-electron chi connectivity index (χ2n) is 6.01. The topological polar surface area (TPSA) is 61.2 Å². The molecule has 0 spiro atoms. The molecule has 1 aliphatic rings. The van der Waals surface area contributed by atoms with Gasteiger partial charge in [-0.1, -0.05) is 18.2 Å². The Morgan fingerprint density at radius 3 is 2.05 bits per heavy atom. The summed E-state index contributed by atoms with van der Waals surface area (Å²) in [5, 5.41) is 1.26. The first-order valence-electron chi connectivity index (χ1n) is 6.48. The van der Waals surface area contributed by atoms with Gasteiger partial charge in [-0.15, -0.1) is 5.69 Å². The van der Waals surface area contributed by atoms with Gasteiger partial charge in [-0.2, -0.15) is 0 Å². The predicted molar refractivity (Wildman–Crippen MR) is 78.2 cm³/mol. The molecule has 0 aromatic heterocycles. The number of nitrogens with one attached hydrogen (secondary N) is 1. The molecule has 3 rings (SSSR count). The van der Waals surface area contributed by atoms with Crippen molar-refractivity contribution < 1.29 is 30.0 Å². The molecule has 0 fully saturated rings. The van der Waals surface area contributed by atoms with Crippen molar-refractivity contribution in [3.8, 4) is 0 Å². The number of carbonyl (C=O) groups is 2. The van der Waals surface area contributed by atoms with Crippen molar-refractivity contribution >= 4 is 28.3 Å². The van der Waals surface area contributed by atoms with E-state index in [0.717, 1.165) is 0 Å². The van der Waals surface area contributed by atoms with Gasteiger partial charge in [-0.25, -0.2) is 0 Å². The summed E-state index contributed by atoms with van der Waals surface area (Å²) in [5.41, 5.74) is 8.68. The Labute approximate surface area is 136 Å². The average Bonchev–Trinajstić information content (AvgIpc) is 2.36. The van der Waals surface area contributed by atoms with E-state index in [-0.39, 0.29) is 32.2 Å². The monoisotopic (exact) mass is 721 g/mol. The van der Waals surface area contributed by atoms with Gasteiger partial charge in [0.25, 0.3) is 11.8 Å². The molecule has 0 bridgehead atoms. The SMILES string of the molecule is CC(C)(C)N1C(=O)c2cccc3c([NH-])ccc(c23)C1=O.[Re].[Rf]. The summed E-state index contributed by atoms with van der Waals surface area (Å²) >= 11 is 0. The molecule has 0 saturated heterocycles. The first-order chi connectivity index (χ1) is 9.32. The average molecular weight is 721 g/mol. The Morgan fingerprint density at radius 2 is 1.50 bits per heavy atom. The third-order valence-corrected chi connectivity index (χ3v) is 3.58. The smallest absolute Gasteiger partial charge is 0.261 e. The fourth-order valence-electron chi connectivity index (χ4n) is 2.71. The molecule has 1 heterocycles. The van der Waals surface area contributed by atoms with Gasteiger partial charge < -0.3 is 5.73 Å². The molecule has 111 valence electrons. The Balaban J connectivity index is 0.00000121. The van der Waals surface area contributed by atoms with Crippen molar-refractivity contribution in [3.05, 3.63) is 47.2 Å². The second kappa shape index (κ2) is 5.25. The van der Waals surface area contributed by atoms with Crippen LogP contribution in [0.2, 0.25) is 0 Å². The summed E-state index contributed by atoms with van der Waals surface area (Å²) in [6, 6.07) is 8.50. The van der Waals surface area contributed by atoms with Crippen LogP contribution in [0.1, 0.15) is 41.5 Å². The molecule has 1 radical (unpaired) electrons. The molecule has 2 amide bonds. The van der Waals surface area contributed by atoms with Gasteiger partial charge in [0, 0.05) is 42.5 Å². The maximum absolute atomic E-state index is 12.6. The first kappa shape index (κ1) is 17.4. The molecule has 2 aromatic carbocycles. The van der Waals surface area contributed by atoms with Gasteiger partial charge in [0.05, 0.1) is 0 Å². The van der Waals surface area contributed by atoms with Gasteiger partial charge in [-0.05, 0) is 38.3 Å². The molecule has 2 aromatic rings. The number of benzene rings is 2. The summed E-state index contributed by atoms with van der Waals surface area (Å²) in [6.07, 6.45) is 0. The maximum Gasteiger partial charge on any atom is 0.261 e. The van der Waals surface area contributed by atoms with E-state index >= 15 is 0 Å². The minimum Gasteiger partial charge on any atom is -0.698 e. The molecule has 1 aliphatic heterocycles. The Bertz CT molecular complexity index is 746. The minimum atomic E-state index is -0.576. The van der Waals surface area contributed by atoms with E-state index in [2.05, 4.69) is 0 Å². The zero-order valence-corrected chi connectivity index (χ0v) is 21.9.